The predicted octanol–water partition coefficient (Wildman–Crippen LogP) is 3.96. The van der Waals surface area contributed by atoms with E-state index in [9.17, 15) is 18.0 Å². The van der Waals surface area contributed by atoms with Crippen molar-refractivity contribution in [1.29, 1.82) is 0 Å². The molecule has 6 rings (SSSR count). The van der Waals surface area contributed by atoms with Crippen molar-refractivity contribution in [3.05, 3.63) is 89.0 Å². The van der Waals surface area contributed by atoms with Gasteiger partial charge in [-0.1, -0.05) is 42.5 Å². The molecule has 0 radical (unpaired) electrons. The van der Waals surface area contributed by atoms with Crippen molar-refractivity contribution < 1.29 is 18.0 Å². The molecule has 3 heterocycles. The Balaban J connectivity index is 1.05. The van der Waals surface area contributed by atoms with Gasteiger partial charge in [-0.2, -0.15) is 0 Å². The lowest BCUT2D eigenvalue weighted by molar-refractivity contribution is -0.120. The molecular weight excluding hydrogens is 639 g/mol. The van der Waals surface area contributed by atoms with Gasteiger partial charge < -0.3 is 15.1 Å². The first kappa shape index (κ1) is 35.0. The molecular formula is C37H49N7O4S. The van der Waals surface area contributed by atoms with E-state index in [2.05, 4.69) is 73.1 Å². The number of carbonyl (C=O) groups is 2. The van der Waals surface area contributed by atoms with Crippen LogP contribution in [0.2, 0.25) is 0 Å². The van der Waals surface area contributed by atoms with E-state index in [1.54, 1.807) is 0 Å². The third-order valence-electron chi connectivity index (χ3n) is 10.6. The van der Waals surface area contributed by atoms with E-state index in [1.165, 1.54) is 11.9 Å². The zero-order valence-electron chi connectivity index (χ0n) is 28.9. The lowest BCUT2D eigenvalue weighted by atomic mass is 9.85. The van der Waals surface area contributed by atoms with Crippen LogP contribution in [0.1, 0.15) is 78.3 Å². The number of aromatic nitrogens is 2. The lowest BCUT2D eigenvalue weighted by Crippen LogP contribution is -2.58. The molecule has 2 N–H and O–H groups in total. The fraction of sp³-hybridized carbons (Fsp3) is 0.514. The normalized spacial score (nSPS) is 18.6. The molecule has 1 saturated carbocycles. The van der Waals surface area contributed by atoms with Crippen LogP contribution >= 0.6 is 0 Å². The van der Waals surface area contributed by atoms with E-state index in [-0.39, 0.29) is 29.1 Å². The molecule has 3 aliphatic rings. The van der Waals surface area contributed by atoms with E-state index < -0.39 is 10.0 Å². The van der Waals surface area contributed by atoms with Gasteiger partial charge in [0, 0.05) is 56.5 Å². The molecule has 2 saturated heterocycles. The Morgan fingerprint density at radius 1 is 0.878 bits per heavy atom. The number of amides is 2. The van der Waals surface area contributed by atoms with Crippen molar-refractivity contribution in [3.8, 4) is 0 Å². The lowest BCUT2D eigenvalue weighted by Gasteiger charge is -2.50. The van der Waals surface area contributed by atoms with Crippen LogP contribution in [-0.4, -0.2) is 89.6 Å². The predicted molar refractivity (Wildman–Crippen MR) is 191 cm³/mol. The van der Waals surface area contributed by atoms with Crippen LogP contribution in [0.5, 0.6) is 0 Å². The molecule has 49 heavy (non-hydrogen) atoms. The SMILES string of the molecule is Cc1ncnc(C)c1C(=O)N1CCC(C)(N2CCC(N(Cc3ccccc3)c3ccc(CNC(=O)CNS(=O)(=O)C4CC4)cc3)CC2)CC1. The molecule has 3 aromatic rings. The Bertz CT molecular complexity index is 1690. The van der Waals surface area contributed by atoms with Gasteiger partial charge in [0.1, 0.15) is 6.33 Å². The van der Waals surface area contributed by atoms with Crippen LogP contribution in [0, 0.1) is 13.8 Å². The number of rotatable bonds is 12. The summed E-state index contributed by atoms with van der Waals surface area (Å²) in [5, 5.41) is 2.49. The van der Waals surface area contributed by atoms with Gasteiger partial charge in [0.25, 0.3) is 5.91 Å². The molecule has 0 bridgehead atoms. The first-order valence-electron chi connectivity index (χ1n) is 17.5. The van der Waals surface area contributed by atoms with Gasteiger partial charge in [-0.3, -0.25) is 14.5 Å². The monoisotopic (exact) mass is 687 g/mol. The average molecular weight is 688 g/mol. The third-order valence-corrected chi connectivity index (χ3v) is 12.5. The van der Waals surface area contributed by atoms with Crippen LogP contribution in [0.4, 0.5) is 5.69 Å². The van der Waals surface area contributed by atoms with Gasteiger partial charge in [-0.05, 0) is 82.6 Å². The van der Waals surface area contributed by atoms with E-state index in [4.69, 9.17) is 0 Å². The highest BCUT2D eigenvalue weighted by Gasteiger charge is 2.40. The quantitative estimate of drug-likeness (QED) is 0.293. The Morgan fingerprint density at radius 3 is 2.12 bits per heavy atom. The maximum absolute atomic E-state index is 13.4. The van der Waals surface area contributed by atoms with Gasteiger partial charge >= 0.3 is 0 Å². The Morgan fingerprint density at radius 2 is 1.51 bits per heavy atom. The van der Waals surface area contributed by atoms with Crippen molar-refractivity contribution in [3.63, 3.8) is 0 Å². The number of carbonyl (C=O) groups excluding carboxylic acids is 2. The van der Waals surface area contributed by atoms with Gasteiger partial charge in [0.05, 0.1) is 28.7 Å². The molecule has 262 valence electrons. The summed E-state index contributed by atoms with van der Waals surface area (Å²) >= 11 is 0. The molecule has 0 unspecified atom stereocenters. The second-order valence-electron chi connectivity index (χ2n) is 14.0. The molecule has 3 fully saturated rings. The van der Waals surface area contributed by atoms with Crippen LogP contribution in [0.25, 0.3) is 0 Å². The maximum Gasteiger partial charge on any atom is 0.257 e. The zero-order chi connectivity index (χ0) is 34.6. The highest BCUT2D eigenvalue weighted by atomic mass is 32.2. The van der Waals surface area contributed by atoms with E-state index in [0.29, 0.717) is 31.0 Å². The molecule has 1 aromatic heterocycles. The number of nitrogens with one attached hydrogen (secondary N) is 2. The van der Waals surface area contributed by atoms with Crippen molar-refractivity contribution in [2.45, 2.75) is 89.2 Å². The summed E-state index contributed by atoms with van der Waals surface area (Å²) in [6, 6.07) is 19.3. The molecule has 11 nitrogen and oxygen atoms in total. The van der Waals surface area contributed by atoms with E-state index in [1.807, 2.05) is 36.9 Å². The minimum Gasteiger partial charge on any atom is -0.364 e. The van der Waals surface area contributed by atoms with Crippen LogP contribution < -0.4 is 14.9 Å². The summed E-state index contributed by atoms with van der Waals surface area (Å²) in [6.07, 6.45) is 6.80. The average Bonchev–Trinajstić information content (AvgIpc) is 3.97. The molecule has 2 aliphatic heterocycles. The number of nitrogens with zero attached hydrogens (tertiary/aromatic N) is 5. The largest absolute Gasteiger partial charge is 0.364 e. The summed E-state index contributed by atoms with van der Waals surface area (Å²) in [5.74, 6) is -0.301. The standard InChI is InChI=1S/C37H49N7O4S/c1-27-35(28(2)40-26-39-27)36(46)42-21-17-37(3,18-22-42)43-19-15-32(16-20-43)44(25-30-7-5-4-6-8-30)31-11-9-29(10-12-31)23-38-34(45)24-41-49(47,48)33-13-14-33/h4-12,26,32-33,41H,13-25H2,1-3H3,(H,38,45). The second-order valence-corrected chi connectivity index (χ2v) is 16.1. The summed E-state index contributed by atoms with van der Waals surface area (Å²) in [7, 11) is -3.39. The maximum atomic E-state index is 13.4. The fourth-order valence-electron chi connectivity index (χ4n) is 7.23. The molecule has 2 aromatic carbocycles. The third kappa shape index (κ3) is 8.48. The smallest absolute Gasteiger partial charge is 0.257 e. The molecule has 12 heteroatoms. The Labute approximate surface area is 290 Å². The highest BCUT2D eigenvalue weighted by Crippen LogP contribution is 2.34. The summed E-state index contributed by atoms with van der Waals surface area (Å²) in [6.45, 7) is 10.5. The van der Waals surface area contributed by atoms with Gasteiger partial charge in [-0.15, -0.1) is 0 Å². The van der Waals surface area contributed by atoms with Gasteiger partial charge in [0.15, 0.2) is 0 Å². The van der Waals surface area contributed by atoms with Gasteiger partial charge in [0.2, 0.25) is 15.9 Å². The number of anilines is 1. The zero-order valence-corrected chi connectivity index (χ0v) is 29.7. The number of aryl methyl sites for hydroxylation is 2. The number of piperidine rings is 2. The van der Waals surface area contributed by atoms with Gasteiger partial charge in [-0.25, -0.2) is 23.1 Å². The van der Waals surface area contributed by atoms with Crippen molar-refractivity contribution in [1.82, 2.24) is 29.8 Å². The summed E-state index contributed by atoms with van der Waals surface area (Å²) in [4.78, 5) is 41.3. The minimum atomic E-state index is -3.39. The Kier molecular flexibility index (Phi) is 10.7. The molecule has 1 aliphatic carbocycles. The van der Waals surface area contributed by atoms with Crippen molar-refractivity contribution in [2.24, 2.45) is 0 Å². The molecule has 0 spiro atoms. The van der Waals surface area contributed by atoms with Crippen LogP contribution in [-0.2, 0) is 27.9 Å². The van der Waals surface area contributed by atoms with Crippen LogP contribution in [0.3, 0.4) is 0 Å². The second kappa shape index (κ2) is 14.9. The minimum absolute atomic E-state index is 0.0395. The number of likely N-dealkylation sites (tertiary alicyclic amines) is 2. The Hall–Kier alpha value is -3.87. The topological polar surface area (TPSA) is 128 Å². The molecule has 2 amide bonds. The fourth-order valence-corrected chi connectivity index (χ4v) is 8.55. The number of hydrogen-bond acceptors (Lipinski definition) is 8. The number of sulfonamides is 1. The number of benzene rings is 2. The molecule has 0 atom stereocenters. The van der Waals surface area contributed by atoms with E-state index >= 15 is 0 Å². The first-order valence-corrected chi connectivity index (χ1v) is 19.0. The summed E-state index contributed by atoms with van der Waals surface area (Å²) < 4.78 is 26.5. The summed E-state index contributed by atoms with van der Waals surface area (Å²) in [5.41, 5.74) is 5.52. The van der Waals surface area contributed by atoms with Crippen molar-refractivity contribution >= 4 is 27.5 Å². The van der Waals surface area contributed by atoms with E-state index in [0.717, 1.165) is 81.0 Å². The first-order chi connectivity index (χ1) is 23.5. The highest BCUT2D eigenvalue weighted by molar-refractivity contribution is 7.90. The number of hydrogen-bond donors (Lipinski definition) is 2. The van der Waals surface area contributed by atoms with Crippen LogP contribution in [0.15, 0.2) is 60.9 Å². The van der Waals surface area contributed by atoms with Crippen molar-refractivity contribution in [2.75, 3.05) is 37.6 Å².